The summed E-state index contributed by atoms with van der Waals surface area (Å²) in [4.78, 5) is 63.0. The number of carbonyl (C=O) groups is 5. The normalized spacial score (nSPS) is 13.8. The van der Waals surface area contributed by atoms with Crippen LogP contribution in [0.3, 0.4) is 0 Å². The summed E-state index contributed by atoms with van der Waals surface area (Å²) in [6, 6.07) is 9.10. The third-order valence-electron chi connectivity index (χ3n) is 5.30. The van der Waals surface area contributed by atoms with Gasteiger partial charge in [-0.1, -0.05) is 24.6 Å². The molecule has 0 bridgehead atoms. The number of halogens is 1. The molecule has 0 unspecified atom stereocenters. The summed E-state index contributed by atoms with van der Waals surface area (Å²) in [5.74, 6) is -1.80. The molecular weight excluding hydrogens is 576 g/mol. The minimum atomic E-state index is -0.648. The molecule has 1 aliphatic heterocycles. The summed E-state index contributed by atoms with van der Waals surface area (Å²) in [7, 11) is 0. The molecule has 1 aliphatic rings. The Balaban J connectivity index is 1.69. The molecule has 0 aliphatic carbocycles. The highest BCUT2D eigenvalue weighted by Crippen LogP contribution is 2.35. The van der Waals surface area contributed by atoms with E-state index in [1.165, 1.54) is 24.3 Å². The number of ether oxygens (including phenoxy) is 4. The van der Waals surface area contributed by atoms with Gasteiger partial charge in [0.1, 0.15) is 6.54 Å². The van der Waals surface area contributed by atoms with Crippen LogP contribution in [0.1, 0.15) is 43.1 Å². The molecule has 2 aromatic carbocycles. The second-order valence-corrected chi connectivity index (χ2v) is 9.78. The van der Waals surface area contributed by atoms with Crippen LogP contribution in [-0.4, -0.2) is 66.9 Å². The number of amides is 3. The van der Waals surface area contributed by atoms with Gasteiger partial charge in [0.2, 0.25) is 5.91 Å². The average molecular weight is 605 g/mol. The number of rotatable bonds is 13. The van der Waals surface area contributed by atoms with Gasteiger partial charge < -0.3 is 24.3 Å². The lowest BCUT2D eigenvalue weighted by molar-refractivity contribution is -0.145. The van der Waals surface area contributed by atoms with Gasteiger partial charge in [-0.2, -0.15) is 0 Å². The fraction of sp³-hybridized carbons (Fsp3) is 0.321. The minimum Gasteiger partial charge on any atom is -0.490 e. The van der Waals surface area contributed by atoms with Gasteiger partial charge in [-0.3, -0.25) is 19.3 Å². The summed E-state index contributed by atoms with van der Waals surface area (Å²) in [6.45, 7) is 5.26. The fourth-order valence-electron chi connectivity index (χ4n) is 3.51. The van der Waals surface area contributed by atoms with E-state index in [0.717, 1.165) is 4.90 Å². The van der Waals surface area contributed by atoms with Gasteiger partial charge >= 0.3 is 11.9 Å². The molecule has 0 atom stereocenters. The number of thioether (sulfide) groups is 1. The number of nitrogens with zero attached hydrogens (tertiary/aromatic N) is 1. The van der Waals surface area contributed by atoms with E-state index in [2.05, 4.69) is 5.32 Å². The number of anilines is 1. The number of imide groups is 1. The molecule has 11 nitrogen and oxygen atoms in total. The van der Waals surface area contributed by atoms with E-state index in [9.17, 15) is 24.0 Å². The first-order valence-corrected chi connectivity index (χ1v) is 13.9. The molecule has 2 aromatic rings. The van der Waals surface area contributed by atoms with E-state index in [-0.39, 0.29) is 41.0 Å². The molecule has 1 fully saturated rings. The minimum absolute atomic E-state index is 0.0794. The maximum atomic E-state index is 13.0. The quantitative estimate of drug-likeness (QED) is 0.248. The summed E-state index contributed by atoms with van der Waals surface area (Å²) >= 11 is 6.78. The van der Waals surface area contributed by atoms with Crippen molar-refractivity contribution >= 4 is 64.1 Å². The van der Waals surface area contributed by atoms with Crippen LogP contribution < -0.4 is 14.8 Å². The molecule has 1 saturated heterocycles. The number of carbonyl (C=O) groups excluding carboxylic acids is 5. The topological polar surface area (TPSA) is 138 Å². The zero-order chi connectivity index (χ0) is 29.9. The first kappa shape index (κ1) is 31.5. The largest absolute Gasteiger partial charge is 0.490 e. The summed E-state index contributed by atoms with van der Waals surface area (Å²) in [6.07, 6.45) is 2.13. The van der Waals surface area contributed by atoms with Crippen LogP contribution in [0.4, 0.5) is 10.5 Å². The van der Waals surface area contributed by atoms with Gasteiger partial charge in [-0.25, -0.2) is 9.59 Å². The van der Waals surface area contributed by atoms with Crippen LogP contribution in [0.5, 0.6) is 11.5 Å². The number of nitrogens with one attached hydrogen (secondary N) is 1. The van der Waals surface area contributed by atoms with Crippen LogP contribution in [0.2, 0.25) is 5.02 Å². The lowest BCUT2D eigenvalue weighted by Gasteiger charge is -2.13. The summed E-state index contributed by atoms with van der Waals surface area (Å²) in [5.41, 5.74) is 0.866. The Morgan fingerprint density at radius 3 is 2.46 bits per heavy atom. The smallest absolute Gasteiger partial charge is 0.344 e. The zero-order valence-electron chi connectivity index (χ0n) is 22.7. The van der Waals surface area contributed by atoms with E-state index >= 15 is 0 Å². The number of benzene rings is 2. The van der Waals surface area contributed by atoms with Crippen molar-refractivity contribution in [2.24, 2.45) is 0 Å². The van der Waals surface area contributed by atoms with E-state index in [1.807, 2.05) is 6.92 Å². The molecule has 0 radical (unpaired) electrons. The van der Waals surface area contributed by atoms with Gasteiger partial charge in [0.15, 0.2) is 18.1 Å². The van der Waals surface area contributed by atoms with Crippen molar-refractivity contribution in [2.45, 2.75) is 27.2 Å². The molecule has 3 rings (SSSR count). The van der Waals surface area contributed by atoms with E-state index in [0.29, 0.717) is 41.9 Å². The Morgan fingerprint density at radius 2 is 1.76 bits per heavy atom. The first-order chi connectivity index (χ1) is 19.7. The molecule has 0 aromatic heterocycles. The predicted octanol–water partition coefficient (Wildman–Crippen LogP) is 4.92. The van der Waals surface area contributed by atoms with Gasteiger partial charge in [-0.05, 0) is 74.0 Å². The Morgan fingerprint density at radius 1 is 0.976 bits per heavy atom. The van der Waals surface area contributed by atoms with Crippen LogP contribution in [0.15, 0.2) is 41.3 Å². The molecule has 41 heavy (non-hydrogen) atoms. The maximum Gasteiger partial charge on any atom is 0.344 e. The SMILES string of the molecule is CCCOC(=O)c1cc(NC(=O)CN2C(=O)S/C(=C\c3ccc(OCC(=O)OCC)c(OCC)c3)C2=O)ccc1Cl. The van der Waals surface area contributed by atoms with Crippen LogP contribution in [0, 0.1) is 0 Å². The molecule has 0 spiro atoms. The number of hydrogen-bond donors (Lipinski definition) is 1. The number of esters is 2. The van der Waals surface area contributed by atoms with Gasteiger partial charge in [-0.15, -0.1) is 0 Å². The highest BCUT2D eigenvalue weighted by Gasteiger charge is 2.36. The standard InChI is InChI=1S/C28H29ClN2O9S/c1-4-11-39-27(35)19-14-18(8-9-20(19)29)30-24(32)15-31-26(34)23(41-28(31)36)13-17-7-10-21(22(12-17)37-5-2)40-16-25(33)38-6-3/h7-10,12-14H,4-6,11,15-16H2,1-3H3,(H,30,32)/b23-13-. The average Bonchev–Trinajstić information content (AvgIpc) is 3.19. The highest BCUT2D eigenvalue weighted by molar-refractivity contribution is 8.18. The second kappa shape index (κ2) is 15.1. The predicted molar refractivity (Wildman–Crippen MR) is 153 cm³/mol. The first-order valence-electron chi connectivity index (χ1n) is 12.7. The lowest BCUT2D eigenvalue weighted by atomic mass is 10.2. The van der Waals surface area contributed by atoms with Crippen LogP contribution >= 0.6 is 23.4 Å². The highest BCUT2D eigenvalue weighted by atomic mass is 35.5. The van der Waals surface area contributed by atoms with E-state index in [1.54, 1.807) is 32.0 Å². The Hall–Kier alpha value is -4.03. The molecular formula is C28H29ClN2O9S. The monoisotopic (exact) mass is 604 g/mol. The Kier molecular flexibility index (Phi) is 11.6. The summed E-state index contributed by atoms with van der Waals surface area (Å²) < 4.78 is 21.0. The van der Waals surface area contributed by atoms with Gasteiger partial charge in [0.25, 0.3) is 11.1 Å². The lowest BCUT2D eigenvalue weighted by Crippen LogP contribution is -2.36. The van der Waals surface area contributed by atoms with Crippen molar-refractivity contribution in [1.29, 1.82) is 0 Å². The molecule has 13 heteroatoms. The van der Waals surface area contributed by atoms with E-state index < -0.39 is 35.5 Å². The van der Waals surface area contributed by atoms with Crippen LogP contribution in [-0.2, 0) is 23.9 Å². The summed E-state index contributed by atoms with van der Waals surface area (Å²) in [5, 5.41) is 2.11. The molecule has 1 N–H and O–H groups in total. The van der Waals surface area contributed by atoms with Gasteiger partial charge in [0.05, 0.1) is 35.3 Å². The van der Waals surface area contributed by atoms with Crippen molar-refractivity contribution in [3.8, 4) is 11.5 Å². The molecule has 218 valence electrons. The Bertz CT molecular complexity index is 1360. The van der Waals surface area contributed by atoms with Crippen molar-refractivity contribution in [1.82, 2.24) is 4.90 Å². The Labute approximate surface area is 246 Å². The third kappa shape index (κ3) is 8.73. The fourth-order valence-corrected chi connectivity index (χ4v) is 4.54. The third-order valence-corrected chi connectivity index (χ3v) is 6.54. The molecule has 1 heterocycles. The van der Waals surface area contributed by atoms with Crippen molar-refractivity contribution in [3.63, 3.8) is 0 Å². The maximum absolute atomic E-state index is 13.0. The van der Waals surface area contributed by atoms with E-state index in [4.69, 9.17) is 30.5 Å². The van der Waals surface area contributed by atoms with Gasteiger partial charge in [0, 0.05) is 5.69 Å². The van der Waals surface area contributed by atoms with Crippen molar-refractivity contribution in [2.75, 3.05) is 38.3 Å². The number of hydrogen-bond acceptors (Lipinski definition) is 10. The van der Waals surface area contributed by atoms with Crippen molar-refractivity contribution in [3.05, 3.63) is 57.5 Å². The van der Waals surface area contributed by atoms with Crippen LogP contribution in [0.25, 0.3) is 6.08 Å². The second-order valence-electron chi connectivity index (χ2n) is 8.38. The van der Waals surface area contributed by atoms with Crippen molar-refractivity contribution < 1.29 is 42.9 Å². The molecule has 0 saturated carbocycles. The zero-order valence-corrected chi connectivity index (χ0v) is 24.3. The molecule has 3 amide bonds.